The number of fused-ring (bicyclic) bond motifs is 5. The number of amides is 2. The molecule has 33 heavy (non-hydrogen) atoms. The molecule has 2 amide bonds. The lowest BCUT2D eigenvalue weighted by Gasteiger charge is -2.31. The third-order valence-electron chi connectivity index (χ3n) is 6.25. The minimum atomic E-state index is -0.642. The molecule has 2 aromatic rings. The molecule has 0 saturated carbocycles. The SMILES string of the molecule is CC(=O)SCN(C(=O)CCC(C)C)C1Cc2cn(c3ccccc23)CCCCCCNC1=O. The summed E-state index contributed by atoms with van der Waals surface area (Å²) in [6, 6.07) is 7.64. The van der Waals surface area contributed by atoms with Crippen LogP contribution in [0.25, 0.3) is 10.9 Å². The second kappa shape index (κ2) is 12.3. The van der Waals surface area contributed by atoms with Gasteiger partial charge in [0.25, 0.3) is 0 Å². The highest BCUT2D eigenvalue weighted by molar-refractivity contribution is 8.13. The molecule has 2 heterocycles. The fourth-order valence-corrected chi connectivity index (χ4v) is 5.01. The summed E-state index contributed by atoms with van der Waals surface area (Å²) in [5.74, 6) is 0.394. The van der Waals surface area contributed by atoms with Crippen molar-refractivity contribution in [1.29, 1.82) is 0 Å². The predicted molar refractivity (Wildman–Crippen MR) is 135 cm³/mol. The monoisotopic (exact) mass is 471 g/mol. The molecule has 0 fully saturated rings. The van der Waals surface area contributed by atoms with Crippen LogP contribution in [0.1, 0.15) is 64.9 Å². The quantitative estimate of drug-likeness (QED) is 0.618. The number of rotatable bonds is 6. The van der Waals surface area contributed by atoms with Crippen molar-refractivity contribution in [1.82, 2.24) is 14.8 Å². The van der Waals surface area contributed by atoms with Crippen molar-refractivity contribution in [2.75, 3.05) is 12.4 Å². The van der Waals surface area contributed by atoms with E-state index in [1.807, 2.05) is 12.1 Å². The zero-order valence-corrected chi connectivity index (χ0v) is 21.0. The van der Waals surface area contributed by atoms with Crippen LogP contribution >= 0.6 is 11.8 Å². The van der Waals surface area contributed by atoms with Crippen LogP contribution in [-0.2, 0) is 27.3 Å². The number of nitrogens with one attached hydrogen (secondary N) is 1. The second-order valence-electron chi connectivity index (χ2n) is 9.35. The highest BCUT2D eigenvalue weighted by atomic mass is 32.2. The van der Waals surface area contributed by atoms with Crippen LogP contribution in [0.5, 0.6) is 0 Å². The second-order valence-corrected chi connectivity index (χ2v) is 10.5. The van der Waals surface area contributed by atoms with E-state index in [0.29, 0.717) is 25.3 Å². The predicted octanol–water partition coefficient (Wildman–Crippen LogP) is 4.74. The molecule has 1 unspecified atom stereocenters. The van der Waals surface area contributed by atoms with E-state index in [2.05, 4.69) is 42.1 Å². The van der Waals surface area contributed by atoms with Gasteiger partial charge < -0.3 is 14.8 Å². The standard InChI is InChI=1S/C26H37N3O3S/c1-19(2)12-13-25(31)29(18-33-20(3)30)24-16-21-17-28(23-11-7-6-10-22(21)23)15-9-5-4-8-14-27-26(24)32/h6-7,10-11,17,19,24H,4-5,8-9,12-16,18H2,1-3H3,(H,27,32). The number of aromatic nitrogens is 1. The van der Waals surface area contributed by atoms with Gasteiger partial charge in [0.15, 0.2) is 5.12 Å². The molecule has 1 N–H and O–H groups in total. The first kappa shape index (κ1) is 25.3. The number of aryl methyl sites for hydroxylation is 1. The molecule has 1 aliphatic heterocycles. The molecule has 0 saturated heterocycles. The Morgan fingerprint density at radius 1 is 1.18 bits per heavy atom. The van der Waals surface area contributed by atoms with Gasteiger partial charge in [-0.3, -0.25) is 14.4 Å². The molecule has 1 aliphatic rings. The minimum absolute atomic E-state index is 0.0571. The Bertz CT molecular complexity index is 969. The number of carbonyl (C=O) groups excluding carboxylic acids is 3. The van der Waals surface area contributed by atoms with Crippen LogP contribution in [0.3, 0.4) is 0 Å². The van der Waals surface area contributed by atoms with E-state index >= 15 is 0 Å². The van der Waals surface area contributed by atoms with Crippen molar-refractivity contribution in [3.63, 3.8) is 0 Å². The molecule has 1 aromatic heterocycles. The van der Waals surface area contributed by atoms with Crippen molar-refractivity contribution < 1.29 is 14.4 Å². The number of benzene rings is 1. The maximum atomic E-state index is 13.4. The highest BCUT2D eigenvalue weighted by Crippen LogP contribution is 2.26. The molecule has 7 heteroatoms. The van der Waals surface area contributed by atoms with Crippen LogP contribution in [-0.4, -0.2) is 44.9 Å². The topological polar surface area (TPSA) is 71.4 Å². The number of thioether (sulfide) groups is 1. The van der Waals surface area contributed by atoms with Gasteiger partial charge in [0.1, 0.15) is 6.04 Å². The first-order valence-electron chi connectivity index (χ1n) is 12.1. The Hall–Kier alpha value is -2.28. The largest absolute Gasteiger partial charge is 0.354 e. The summed E-state index contributed by atoms with van der Waals surface area (Å²) >= 11 is 1.09. The summed E-state index contributed by atoms with van der Waals surface area (Å²) < 4.78 is 2.28. The van der Waals surface area contributed by atoms with Crippen molar-refractivity contribution >= 4 is 39.6 Å². The molecule has 0 spiro atoms. The van der Waals surface area contributed by atoms with E-state index < -0.39 is 6.04 Å². The molecule has 1 atom stereocenters. The zero-order chi connectivity index (χ0) is 23.8. The van der Waals surface area contributed by atoms with Gasteiger partial charge >= 0.3 is 0 Å². The summed E-state index contributed by atoms with van der Waals surface area (Å²) in [4.78, 5) is 40.0. The van der Waals surface area contributed by atoms with Crippen molar-refractivity contribution in [2.45, 2.75) is 78.3 Å². The van der Waals surface area contributed by atoms with Gasteiger partial charge in [0.2, 0.25) is 11.8 Å². The average molecular weight is 472 g/mol. The van der Waals surface area contributed by atoms with Gasteiger partial charge in [-0.2, -0.15) is 0 Å². The summed E-state index contributed by atoms with van der Waals surface area (Å²) in [6.45, 7) is 7.23. The molecular formula is C26H37N3O3S. The first-order valence-corrected chi connectivity index (χ1v) is 13.1. The van der Waals surface area contributed by atoms with Gasteiger partial charge in [-0.05, 0) is 36.8 Å². The lowest BCUT2D eigenvalue weighted by molar-refractivity contribution is -0.139. The van der Waals surface area contributed by atoms with Crippen LogP contribution in [0, 0.1) is 5.92 Å². The Labute approximate surface area is 201 Å². The van der Waals surface area contributed by atoms with Gasteiger partial charge in [-0.25, -0.2) is 0 Å². The number of carbonyl (C=O) groups is 3. The maximum Gasteiger partial charge on any atom is 0.243 e. The van der Waals surface area contributed by atoms with E-state index in [0.717, 1.165) is 61.4 Å². The first-order chi connectivity index (χ1) is 15.9. The van der Waals surface area contributed by atoms with Crippen molar-refractivity contribution in [3.8, 4) is 0 Å². The summed E-state index contributed by atoms with van der Waals surface area (Å²) in [6.07, 6.45) is 7.94. The molecular weight excluding hydrogens is 434 g/mol. The number of hydrogen-bond acceptors (Lipinski definition) is 4. The third kappa shape index (κ3) is 7.10. The zero-order valence-electron chi connectivity index (χ0n) is 20.1. The molecule has 3 rings (SSSR count). The maximum absolute atomic E-state index is 13.4. The van der Waals surface area contributed by atoms with Crippen LogP contribution < -0.4 is 5.32 Å². The lowest BCUT2D eigenvalue weighted by Crippen LogP contribution is -2.51. The van der Waals surface area contributed by atoms with E-state index in [-0.39, 0.29) is 22.8 Å². The van der Waals surface area contributed by atoms with Crippen LogP contribution in [0.15, 0.2) is 30.5 Å². The van der Waals surface area contributed by atoms with E-state index in [4.69, 9.17) is 0 Å². The number of hydrogen-bond donors (Lipinski definition) is 1. The molecule has 2 bridgehead atoms. The van der Waals surface area contributed by atoms with Crippen LogP contribution in [0.2, 0.25) is 0 Å². The van der Waals surface area contributed by atoms with Gasteiger partial charge in [-0.1, -0.05) is 56.7 Å². The Morgan fingerprint density at radius 3 is 2.70 bits per heavy atom. The molecule has 0 radical (unpaired) electrons. The van der Waals surface area contributed by atoms with E-state index in [9.17, 15) is 14.4 Å². The number of nitrogens with zero attached hydrogens (tertiary/aromatic N) is 2. The lowest BCUT2D eigenvalue weighted by atomic mass is 10.0. The minimum Gasteiger partial charge on any atom is -0.354 e. The van der Waals surface area contributed by atoms with Crippen molar-refractivity contribution in [2.24, 2.45) is 5.92 Å². The fourth-order valence-electron chi connectivity index (χ4n) is 4.37. The summed E-state index contributed by atoms with van der Waals surface area (Å²) in [5, 5.41) is 4.14. The average Bonchev–Trinajstić information content (AvgIpc) is 3.13. The van der Waals surface area contributed by atoms with E-state index in [1.54, 1.807) is 4.90 Å². The highest BCUT2D eigenvalue weighted by Gasteiger charge is 2.31. The molecule has 6 nitrogen and oxygen atoms in total. The summed E-state index contributed by atoms with van der Waals surface area (Å²) in [5.41, 5.74) is 2.24. The third-order valence-corrected chi connectivity index (χ3v) is 7.06. The van der Waals surface area contributed by atoms with Gasteiger partial charge in [-0.15, -0.1) is 0 Å². The normalized spacial score (nSPS) is 17.7. The smallest absolute Gasteiger partial charge is 0.243 e. The Kier molecular flexibility index (Phi) is 9.41. The number of para-hydroxylation sites is 1. The Balaban J connectivity index is 1.98. The van der Waals surface area contributed by atoms with Gasteiger partial charge in [0.05, 0.1) is 5.88 Å². The molecule has 180 valence electrons. The van der Waals surface area contributed by atoms with Crippen LogP contribution in [0.4, 0.5) is 0 Å². The Morgan fingerprint density at radius 2 is 1.94 bits per heavy atom. The molecule has 0 aliphatic carbocycles. The summed E-state index contributed by atoms with van der Waals surface area (Å²) in [7, 11) is 0. The van der Waals surface area contributed by atoms with Gasteiger partial charge in [0, 0.05) is 50.0 Å². The molecule has 1 aromatic carbocycles. The fraction of sp³-hybridized carbons (Fsp3) is 0.577. The van der Waals surface area contributed by atoms with Crippen molar-refractivity contribution in [3.05, 3.63) is 36.0 Å². The van der Waals surface area contributed by atoms with E-state index in [1.165, 1.54) is 12.4 Å².